The molecule has 0 bridgehead atoms. The van der Waals surface area contributed by atoms with Gasteiger partial charge in [-0.1, -0.05) is 32.0 Å². The van der Waals surface area contributed by atoms with Gasteiger partial charge in [0.1, 0.15) is 5.82 Å². The molecule has 0 radical (unpaired) electrons. The molecule has 0 spiro atoms. The molecule has 1 aromatic carbocycles. The van der Waals surface area contributed by atoms with Crippen molar-refractivity contribution in [2.75, 3.05) is 50.7 Å². The van der Waals surface area contributed by atoms with Crippen LogP contribution in [0, 0.1) is 5.92 Å². The van der Waals surface area contributed by atoms with Crippen molar-refractivity contribution in [3.63, 3.8) is 0 Å². The first-order valence-electron chi connectivity index (χ1n) is 12.7. The van der Waals surface area contributed by atoms with Gasteiger partial charge in [-0.25, -0.2) is 14.7 Å². The van der Waals surface area contributed by atoms with Gasteiger partial charge >= 0.3 is 6.03 Å². The van der Waals surface area contributed by atoms with Gasteiger partial charge in [0.2, 0.25) is 0 Å². The summed E-state index contributed by atoms with van der Waals surface area (Å²) in [6, 6.07) is 10.7. The lowest BCUT2D eigenvalue weighted by atomic mass is 9.93. The molecule has 7 nitrogen and oxygen atoms in total. The summed E-state index contributed by atoms with van der Waals surface area (Å²) in [7, 11) is 0. The van der Waals surface area contributed by atoms with Gasteiger partial charge in [-0.05, 0) is 76.1 Å². The molecule has 0 saturated carbocycles. The van der Waals surface area contributed by atoms with E-state index >= 15 is 0 Å². The number of pyridine rings is 1. The maximum atomic E-state index is 13.3. The van der Waals surface area contributed by atoms with Crippen molar-refractivity contribution < 1.29 is 9.59 Å². The number of benzene rings is 1. The molecule has 1 saturated heterocycles. The summed E-state index contributed by atoms with van der Waals surface area (Å²) in [5.41, 5.74) is 1.92. The van der Waals surface area contributed by atoms with Crippen LogP contribution < -0.4 is 10.2 Å². The summed E-state index contributed by atoms with van der Waals surface area (Å²) >= 11 is 0. The molecule has 2 aliphatic heterocycles. The number of nitrogens with zero attached hydrogens (tertiary/aromatic N) is 4. The van der Waals surface area contributed by atoms with Crippen LogP contribution in [0.15, 0.2) is 42.6 Å². The van der Waals surface area contributed by atoms with Crippen LogP contribution in [-0.2, 0) is 6.42 Å². The summed E-state index contributed by atoms with van der Waals surface area (Å²) in [4.78, 5) is 37.1. The third kappa shape index (κ3) is 5.65. The number of anilines is 2. The minimum absolute atomic E-state index is 0.00372. The standard InChI is InChI=1S/C27H37N5O2/c1-3-30(4-2)16-11-21-12-17-31(18-13-21)19-15-29-27(34)32-24-10-6-5-9-23(24)25(33)20-22-8-7-14-28-26(22)32/h5-10,14,21H,3-4,11-13,15-20H2,1-2H3,(H,29,34). The summed E-state index contributed by atoms with van der Waals surface area (Å²) in [6.07, 6.45) is 5.66. The molecular formula is C27H37N5O2. The van der Waals surface area contributed by atoms with Crippen molar-refractivity contribution in [1.29, 1.82) is 0 Å². The van der Waals surface area contributed by atoms with Gasteiger partial charge in [0.15, 0.2) is 5.78 Å². The van der Waals surface area contributed by atoms with Crippen molar-refractivity contribution in [3.05, 3.63) is 53.7 Å². The Labute approximate surface area is 203 Å². The molecule has 2 amide bonds. The zero-order valence-electron chi connectivity index (χ0n) is 20.5. The maximum Gasteiger partial charge on any atom is 0.327 e. The fraction of sp³-hybridized carbons (Fsp3) is 0.519. The van der Waals surface area contributed by atoms with E-state index in [0.717, 1.165) is 44.2 Å². The average molecular weight is 464 g/mol. The molecule has 34 heavy (non-hydrogen) atoms. The van der Waals surface area contributed by atoms with Gasteiger partial charge in [0.25, 0.3) is 0 Å². The molecule has 1 N–H and O–H groups in total. The second kappa shape index (κ2) is 11.6. The number of carbonyl (C=O) groups is 2. The number of hydrogen-bond acceptors (Lipinski definition) is 5. The molecule has 1 fully saturated rings. The number of aromatic nitrogens is 1. The van der Waals surface area contributed by atoms with Gasteiger partial charge in [-0.15, -0.1) is 0 Å². The minimum Gasteiger partial charge on any atom is -0.336 e. The van der Waals surface area contributed by atoms with E-state index in [4.69, 9.17) is 0 Å². The highest BCUT2D eigenvalue weighted by Gasteiger charge is 2.30. The number of rotatable bonds is 8. The topological polar surface area (TPSA) is 68.8 Å². The van der Waals surface area contributed by atoms with Crippen molar-refractivity contribution in [3.8, 4) is 0 Å². The lowest BCUT2D eigenvalue weighted by molar-refractivity contribution is 0.0994. The molecule has 3 heterocycles. The highest BCUT2D eigenvalue weighted by Crippen LogP contribution is 2.34. The normalized spacial score (nSPS) is 16.8. The zero-order valence-corrected chi connectivity index (χ0v) is 20.5. The Balaban J connectivity index is 1.33. The maximum absolute atomic E-state index is 13.3. The Bertz CT molecular complexity index is 982. The molecule has 1 aromatic heterocycles. The van der Waals surface area contributed by atoms with Crippen LogP contribution in [0.2, 0.25) is 0 Å². The number of para-hydroxylation sites is 1. The highest BCUT2D eigenvalue weighted by molar-refractivity contribution is 6.11. The van der Waals surface area contributed by atoms with Crippen molar-refractivity contribution >= 4 is 23.3 Å². The molecule has 0 unspecified atom stereocenters. The SMILES string of the molecule is CCN(CC)CCC1CCN(CCNC(=O)N2c3ccccc3C(=O)Cc3cccnc32)CC1. The number of carbonyl (C=O) groups excluding carboxylic acids is 2. The Hall–Kier alpha value is -2.77. The number of likely N-dealkylation sites (tertiary alicyclic amines) is 1. The van der Waals surface area contributed by atoms with Gasteiger partial charge < -0.3 is 15.1 Å². The fourth-order valence-electron chi connectivity index (χ4n) is 5.07. The Morgan fingerprint density at radius 3 is 2.65 bits per heavy atom. The van der Waals surface area contributed by atoms with E-state index in [-0.39, 0.29) is 18.2 Å². The molecule has 0 aliphatic carbocycles. The van der Waals surface area contributed by atoms with Crippen LogP contribution >= 0.6 is 0 Å². The zero-order chi connectivity index (χ0) is 23.9. The van der Waals surface area contributed by atoms with Crippen LogP contribution in [0.25, 0.3) is 0 Å². The van der Waals surface area contributed by atoms with Crippen molar-refractivity contribution in [2.45, 2.75) is 39.5 Å². The van der Waals surface area contributed by atoms with Gasteiger partial charge in [0.05, 0.1) is 5.69 Å². The van der Waals surface area contributed by atoms with E-state index in [9.17, 15) is 9.59 Å². The predicted molar refractivity (Wildman–Crippen MR) is 136 cm³/mol. The molecule has 4 rings (SSSR count). The molecule has 0 atom stereocenters. The van der Waals surface area contributed by atoms with Crippen molar-refractivity contribution in [1.82, 2.24) is 20.1 Å². The summed E-state index contributed by atoms with van der Waals surface area (Å²) in [5, 5.41) is 3.08. The first-order valence-corrected chi connectivity index (χ1v) is 12.7. The summed E-state index contributed by atoms with van der Waals surface area (Å²) < 4.78 is 0. The monoisotopic (exact) mass is 463 g/mol. The third-order valence-corrected chi connectivity index (χ3v) is 7.24. The number of ketones is 1. The quantitative estimate of drug-likeness (QED) is 0.638. The van der Waals surface area contributed by atoms with E-state index in [1.807, 2.05) is 30.3 Å². The molecule has 2 aromatic rings. The van der Waals surface area contributed by atoms with Gasteiger partial charge in [-0.3, -0.25) is 4.79 Å². The number of urea groups is 1. The van der Waals surface area contributed by atoms with Crippen molar-refractivity contribution in [2.24, 2.45) is 5.92 Å². The van der Waals surface area contributed by atoms with E-state index in [0.29, 0.717) is 23.6 Å². The Kier molecular flexibility index (Phi) is 8.29. The summed E-state index contributed by atoms with van der Waals surface area (Å²) in [6.45, 7) is 11.5. The Morgan fingerprint density at radius 1 is 1.12 bits per heavy atom. The van der Waals surface area contributed by atoms with E-state index in [1.54, 1.807) is 17.2 Å². The fourth-order valence-corrected chi connectivity index (χ4v) is 5.07. The third-order valence-electron chi connectivity index (χ3n) is 7.24. The van der Waals surface area contributed by atoms with E-state index in [2.05, 4.69) is 33.9 Å². The minimum atomic E-state index is -0.240. The molecule has 182 valence electrons. The number of fused-ring (bicyclic) bond motifs is 2. The smallest absolute Gasteiger partial charge is 0.327 e. The van der Waals surface area contributed by atoms with Crippen LogP contribution in [0.5, 0.6) is 0 Å². The van der Waals surface area contributed by atoms with Gasteiger partial charge in [0, 0.05) is 36.8 Å². The first-order chi connectivity index (χ1) is 16.6. The number of piperidine rings is 1. The molecular weight excluding hydrogens is 426 g/mol. The van der Waals surface area contributed by atoms with E-state index < -0.39 is 0 Å². The number of amides is 2. The van der Waals surface area contributed by atoms with Crippen LogP contribution in [0.3, 0.4) is 0 Å². The van der Waals surface area contributed by atoms with Crippen LogP contribution in [-0.4, -0.2) is 72.4 Å². The molecule has 7 heteroatoms. The predicted octanol–water partition coefficient (Wildman–Crippen LogP) is 4.11. The lowest BCUT2D eigenvalue weighted by Crippen LogP contribution is -2.43. The lowest BCUT2D eigenvalue weighted by Gasteiger charge is -2.33. The second-order valence-electron chi connectivity index (χ2n) is 9.27. The number of hydrogen-bond donors (Lipinski definition) is 1. The average Bonchev–Trinajstić information content (AvgIpc) is 2.99. The number of nitrogens with one attached hydrogen (secondary N) is 1. The van der Waals surface area contributed by atoms with Crippen LogP contribution in [0.4, 0.5) is 16.3 Å². The second-order valence-corrected chi connectivity index (χ2v) is 9.27. The van der Waals surface area contributed by atoms with Gasteiger partial charge in [-0.2, -0.15) is 0 Å². The number of Topliss-reactive ketones (excluding diaryl/α,β-unsaturated/α-hetero) is 1. The first kappa shape index (κ1) is 24.4. The largest absolute Gasteiger partial charge is 0.336 e. The highest BCUT2D eigenvalue weighted by atomic mass is 16.2. The van der Waals surface area contributed by atoms with Crippen LogP contribution in [0.1, 0.15) is 49.0 Å². The Morgan fingerprint density at radius 2 is 1.88 bits per heavy atom. The van der Waals surface area contributed by atoms with E-state index in [1.165, 1.54) is 25.8 Å². The molecule has 2 aliphatic rings. The summed E-state index contributed by atoms with van der Waals surface area (Å²) in [5.74, 6) is 1.34.